The molecule has 1 unspecified atom stereocenters. The highest BCUT2D eigenvalue weighted by molar-refractivity contribution is 5.35. The van der Waals surface area contributed by atoms with Gasteiger partial charge in [0.05, 0.1) is 0 Å². The van der Waals surface area contributed by atoms with Gasteiger partial charge in [-0.3, -0.25) is 0 Å². The summed E-state index contributed by atoms with van der Waals surface area (Å²) in [5, 5.41) is 10.2. The maximum Gasteiger partial charge on any atom is 0.148 e. The second kappa shape index (κ2) is 4.82. The van der Waals surface area contributed by atoms with Crippen LogP contribution in [-0.2, 0) is 5.60 Å². The molecule has 0 saturated heterocycles. The summed E-state index contributed by atoms with van der Waals surface area (Å²) in [7, 11) is 0. The van der Waals surface area contributed by atoms with Gasteiger partial charge in [0.1, 0.15) is 11.3 Å². The van der Waals surface area contributed by atoms with E-state index in [-0.39, 0.29) is 0 Å². The van der Waals surface area contributed by atoms with Gasteiger partial charge in [-0.1, -0.05) is 42.3 Å². The molecule has 0 radical (unpaired) electrons. The highest BCUT2D eigenvalue weighted by atomic mass is 16.3. The fourth-order valence-electron chi connectivity index (χ4n) is 1.46. The molecule has 0 aliphatic carbocycles. The molecule has 0 amide bonds. The van der Waals surface area contributed by atoms with Gasteiger partial charge < -0.3 is 5.11 Å². The van der Waals surface area contributed by atoms with Gasteiger partial charge in [0.25, 0.3) is 0 Å². The van der Waals surface area contributed by atoms with Crippen molar-refractivity contribution in [2.45, 2.75) is 12.5 Å². The molecule has 0 saturated carbocycles. The first-order valence-electron chi connectivity index (χ1n) is 5.40. The van der Waals surface area contributed by atoms with Gasteiger partial charge in [-0.05, 0) is 30.5 Å². The van der Waals surface area contributed by atoms with Crippen molar-refractivity contribution in [3.05, 3.63) is 66.0 Å². The minimum absolute atomic E-state index is 0.656. The van der Waals surface area contributed by atoms with Crippen LogP contribution >= 0.6 is 0 Å². The first-order valence-corrected chi connectivity index (χ1v) is 5.40. The number of benzene rings is 1. The number of hydrogen-bond donors (Lipinski definition) is 1. The third-order valence-electron chi connectivity index (χ3n) is 2.43. The molecule has 0 fully saturated rings. The Morgan fingerprint density at radius 3 is 2.41 bits per heavy atom. The molecule has 0 spiro atoms. The van der Waals surface area contributed by atoms with Crippen molar-refractivity contribution in [3.63, 3.8) is 0 Å². The van der Waals surface area contributed by atoms with Crippen LogP contribution in [0.4, 0.5) is 0 Å². The predicted molar refractivity (Wildman–Crippen MR) is 67.1 cm³/mol. The summed E-state index contributed by atoms with van der Waals surface area (Å²) in [5.74, 6) is 5.71. The summed E-state index contributed by atoms with van der Waals surface area (Å²) < 4.78 is 0. The van der Waals surface area contributed by atoms with Crippen LogP contribution in [0.1, 0.15) is 18.2 Å². The van der Waals surface area contributed by atoms with Crippen LogP contribution in [0, 0.1) is 11.8 Å². The first-order chi connectivity index (χ1) is 8.18. The highest BCUT2D eigenvalue weighted by Gasteiger charge is 2.18. The van der Waals surface area contributed by atoms with Crippen LogP contribution in [0.15, 0.2) is 54.7 Å². The largest absolute Gasteiger partial charge is 0.374 e. The summed E-state index contributed by atoms with van der Waals surface area (Å²) >= 11 is 0. The zero-order valence-corrected chi connectivity index (χ0v) is 9.59. The zero-order chi connectivity index (χ0) is 12.1. The van der Waals surface area contributed by atoms with Gasteiger partial charge in [0.15, 0.2) is 0 Å². The van der Waals surface area contributed by atoms with Crippen LogP contribution in [-0.4, -0.2) is 10.1 Å². The molecule has 2 rings (SSSR count). The maximum absolute atomic E-state index is 10.2. The van der Waals surface area contributed by atoms with Gasteiger partial charge >= 0.3 is 0 Å². The molecular formula is C15H13NO. The summed E-state index contributed by atoms with van der Waals surface area (Å²) in [6.07, 6.45) is 1.68. The van der Waals surface area contributed by atoms with E-state index in [4.69, 9.17) is 0 Å². The molecule has 84 valence electrons. The minimum Gasteiger partial charge on any atom is -0.374 e. The Kier molecular flexibility index (Phi) is 3.22. The molecule has 2 aromatic rings. The van der Waals surface area contributed by atoms with Gasteiger partial charge in [-0.2, -0.15) is 0 Å². The van der Waals surface area contributed by atoms with Crippen molar-refractivity contribution in [2.24, 2.45) is 0 Å². The molecule has 1 atom stereocenters. The summed E-state index contributed by atoms with van der Waals surface area (Å²) in [5.41, 5.74) is 0.283. The van der Waals surface area contributed by atoms with E-state index in [2.05, 4.69) is 16.8 Å². The van der Waals surface area contributed by atoms with Gasteiger partial charge in [0, 0.05) is 6.20 Å². The lowest BCUT2D eigenvalue weighted by Crippen LogP contribution is -2.18. The number of rotatable bonds is 1. The fraction of sp³-hybridized carbons (Fsp3) is 0.133. The molecule has 1 N–H and O–H groups in total. The number of nitrogens with zero attached hydrogens (tertiary/aromatic N) is 1. The number of aliphatic hydroxyl groups is 1. The van der Waals surface area contributed by atoms with E-state index in [1.165, 1.54) is 0 Å². The van der Waals surface area contributed by atoms with E-state index in [1.54, 1.807) is 13.1 Å². The Labute approximate surface area is 101 Å². The van der Waals surface area contributed by atoms with Crippen LogP contribution in [0.5, 0.6) is 0 Å². The van der Waals surface area contributed by atoms with E-state index in [1.807, 2.05) is 48.5 Å². The van der Waals surface area contributed by atoms with Crippen LogP contribution in [0.25, 0.3) is 0 Å². The van der Waals surface area contributed by atoms with Crippen molar-refractivity contribution in [1.29, 1.82) is 0 Å². The Balaban J connectivity index is 2.27. The van der Waals surface area contributed by atoms with E-state index < -0.39 is 5.60 Å². The maximum atomic E-state index is 10.2. The van der Waals surface area contributed by atoms with Crippen molar-refractivity contribution < 1.29 is 5.11 Å². The summed E-state index contributed by atoms with van der Waals surface area (Å²) in [6.45, 7) is 1.68. The summed E-state index contributed by atoms with van der Waals surface area (Å²) in [6, 6.07) is 14.9. The predicted octanol–water partition coefficient (Wildman–Crippen LogP) is 2.34. The molecule has 0 bridgehead atoms. The normalized spacial score (nSPS) is 13.3. The lowest BCUT2D eigenvalue weighted by atomic mass is 9.97. The lowest BCUT2D eigenvalue weighted by molar-refractivity contribution is 0.122. The Morgan fingerprint density at radius 1 is 1.06 bits per heavy atom. The molecule has 2 nitrogen and oxygen atoms in total. The molecule has 1 heterocycles. The van der Waals surface area contributed by atoms with Crippen molar-refractivity contribution >= 4 is 0 Å². The molecule has 0 aliphatic rings. The van der Waals surface area contributed by atoms with Crippen LogP contribution in [0.2, 0.25) is 0 Å². The van der Waals surface area contributed by atoms with Crippen molar-refractivity contribution in [1.82, 2.24) is 4.98 Å². The Hall–Kier alpha value is -2.11. The molecule has 1 aromatic heterocycles. The quantitative estimate of drug-likeness (QED) is 0.753. The smallest absolute Gasteiger partial charge is 0.148 e. The van der Waals surface area contributed by atoms with Crippen molar-refractivity contribution in [2.75, 3.05) is 0 Å². The third kappa shape index (κ3) is 2.93. The zero-order valence-electron chi connectivity index (χ0n) is 9.59. The highest BCUT2D eigenvalue weighted by Crippen LogP contribution is 2.18. The second-order valence-electron chi connectivity index (χ2n) is 3.90. The van der Waals surface area contributed by atoms with Crippen LogP contribution in [0.3, 0.4) is 0 Å². The lowest BCUT2D eigenvalue weighted by Gasteiger charge is -2.16. The Morgan fingerprint density at radius 2 is 1.76 bits per heavy atom. The van der Waals surface area contributed by atoms with Gasteiger partial charge in [0.2, 0.25) is 0 Å². The minimum atomic E-state index is -1.15. The summed E-state index contributed by atoms with van der Waals surface area (Å²) in [4.78, 5) is 4.09. The second-order valence-corrected chi connectivity index (χ2v) is 3.90. The monoisotopic (exact) mass is 223 g/mol. The van der Waals surface area contributed by atoms with Crippen LogP contribution < -0.4 is 0 Å². The number of hydrogen-bond acceptors (Lipinski definition) is 2. The molecule has 1 aromatic carbocycles. The third-order valence-corrected chi connectivity index (χ3v) is 2.43. The Bertz CT molecular complexity index is 535. The first kappa shape index (κ1) is 11.4. The topological polar surface area (TPSA) is 33.1 Å². The van der Waals surface area contributed by atoms with E-state index in [0.29, 0.717) is 5.69 Å². The van der Waals surface area contributed by atoms with Gasteiger partial charge in [-0.15, -0.1) is 0 Å². The van der Waals surface area contributed by atoms with E-state index in [9.17, 15) is 5.11 Å². The molecule has 17 heavy (non-hydrogen) atoms. The fourth-order valence-corrected chi connectivity index (χ4v) is 1.46. The SMILES string of the molecule is CC(O)(C#Cc1ccccn1)c1ccccc1. The van der Waals surface area contributed by atoms with Crippen molar-refractivity contribution in [3.8, 4) is 11.8 Å². The van der Waals surface area contributed by atoms with Gasteiger partial charge in [-0.25, -0.2) is 4.98 Å². The van der Waals surface area contributed by atoms with E-state index in [0.717, 1.165) is 5.56 Å². The molecular weight excluding hydrogens is 210 g/mol. The number of aromatic nitrogens is 1. The van der Waals surface area contributed by atoms with E-state index >= 15 is 0 Å². The number of pyridine rings is 1. The average molecular weight is 223 g/mol. The molecule has 2 heteroatoms. The standard InChI is InChI=1S/C15H13NO/c1-15(17,13-7-3-2-4-8-13)11-10-14-9-5-6-12-16-14/h2-9,12,17H,1H3. The molecule has 0 aliphatic heterocycles. The average Bonchev–Trinajstić information content (AvgIpc) is 2.39.